The molecule has 0 saturated heterocycles. The molecule has 2 amide bonds. The summed E-state index contributed by atoms with van der Waals surface area (Å²) in [5.41, 5.74) is 6.25. The van der Waals surface area contributed by atoms with Crippen LogP contribution in [0.25, 0.3) is 17.0 Å². The summed E-state index contributed by atoms with van der Waals surface area (Å²) in [4.78, 5) is 19.6. The SMILES string of the molecule is CCc1ccc(-c2noc(C3=C(C)N(c4cccc(Cl)c4)C(=O)NC3c3ccc(C)cc3)n2)cc1. The van der Waals surface area contributed by atoms with Crippen molar-refractivity contribution in [1.82, 2.24) is 15.5 Å². The van der Waals surface area contributed by atoms with E-state index in [0.29, 0.717) is 28.1 Å². The largest absolute Gasteiger partial charge is 0.334 e. The molecule has 1 aliphatic rings. The third kappa shape index (κ3) is 4.45. The van der Waals surface area contributed by atoms with Crippen molar-refractivity contribution in [3.05, 3.63) is 106 Å². The number of nitrogens with one attached hydrogen (secondary N) is 1. The molecule has 6 nitrogen and oxygen atoms in total. The Hall–Kier alpha value is -3.90. The molecule has 1 atom stereocenters. The summed E-state index contributed by atoms with van der Waals surface area (Å²) in [7, 11) is 0. The van der Waals surface area contributed by atoms with E-state index < -0.39 is 6.04 Å². The van der Waals surface area contributed by atoms with Gasteiger partial charge in [0.15, 0.2) is 0 Å². The lowest BCUT2D eigenvalue weighted by Crippen LogP contribution is -2.46. The highest BCUT2D eigenvalue weighted by atomic mass is 35.5. The molecular formula is C28H25ClN4O2. The van der Waals surface area contributed by atoms with Gasteiger partial charge in [0.2, 0.25) is 5.82 Å². The summed E-state index contributed by atoms with van der Waals surface area (Å²) < 4.78 is 5.78. The van der Waals surface area contributed by atoms with Crippen LogP contribution in [-0.2, 0) is 6.42 Å². The first-order valence-electron chi connectivity index (χ1n) is 11.5. The van der Waals surface area contributed by atoms with Crippen molar-refractivity contribution in [3.63, 3.8) is 0 Å². The number of rotatable bonds is 5. The average Bonchev–Trinajstić information content (AvgIpc) is 3.34. The molecule has 35 heavy (non-hydrogen) atoms. The fourth-order valence-electron chi connectivity index (χ4n) is 4.29. The van der Waals surface area contributed by atoms with E-state index in [1.54, 1.807) is 17.0 Å². The number of amides is 2. The molecule has 0 spiro atoms. The van der Waals surface area contributed by atoms with E-state index in [4.69, 9.17) is 21.1 Å². The lowest BCUT2D eigenvalue weighted by Gasteiger charge is -2.35. The van der Waals surface area contributed by atoms with Crippen molar-refractivity contribution in [2.24, 2.45) is 0 Å². The maximum atomic E-state index is 13.3. The Balaban J connectivity index is 1.63. The molecule has 176 valence electrons. The van der Waals surface area contributed by atoms with Crippen LogP contribution in [0.5, 0.6) is 0 Å². The van der Waals surface area contributed by atoms with Gasteiger partial charge >= 0.3 is 6.03 Å². The molecule has 3 aromatic carbocycles. The van der Waals surface area contributed by atoms with Gasteiger partial charge in [-0.25, -0.2) is 4.79 Å². The maximum Gasteiger partial charge on any atom is 0.326 e. The van der Waals surface area contributed by atoms with Crippen LogP contribution in [0.4, 0.5) is 10.5 Å². The Morgan fingerprint density at radius 2 is 1.77 bits per heavy atom. The molecule has 0 saturated carbocycles. The number of hydrogen-bond donors (Lipinski definition) is 1. The smallest absolute Gasteiger partial charge is 0.326 e. The van der Waals surface area contributed by atoms with E-state index in [9.17, 15) is 4.79 Å². The zero-order valence-electron chi connectivity index (χ0n) is 19.7. The van der Waals surface area contributed by atoms with Crippen molar-refractivity contribution >= 4 is 28.9 Å². The Labute approximate surface area is 209 Å². The highest BCUT2D eigenvalue weighted by molar-refractivity contribution is 6.31. The number of halogens is 1. The quantitative estimate of drug-likeness (QED) is 0.332. The lowest BCUT2D eigenvalue weighted by atomic mass is 9.94. The van der Waals surface area contributed by atoms with Crippen LogP contribution in [0, 0.1) is 6.92 Å². The second-order valence-corrected chi connectivity index (χ2v) is 9.02. The van der Waals surface area contributed by atoms with E-state index in [1.165, 1.54) is 5.56 Å². The third-order valence-corrected chi connectivity index (χ3v) is 6.47. The van der Waals surface area contributed by atoms with Crippen LogP contribution in [0.1, 0.15) is 42.5 Å². The maximum absolute atomic E-state index is 13.3. The first kappa shape index (κ1) is 22.9. The summed E-state index contributed by atoms with van der Waals surface area (Å²) >= 11 is 6.23. The van der Waals surface area contributed by atoms with E-state index in [1.807, 2.05) is 62.4 Å². The fraction of sp³-hybridized carbons (Fsp3) is 0.179. The Bertz CT molecular complexity index is 1410. The van der Waals surface area contributed by atoms with E-state index in [-0.39, 0.29) is 6.03 Å². The summed E-state index contributed by atoms with van der Waals surface area (Å²) in [6.45, 7) is 6.03. The van der Waals surface area contributed by atoms with E-state index >= 15 is 0 Å². The zero-order valence-corrected chi connectivity index (χ0v) is 20.5. The number of carbonyl (C=O) groups is 1. The summed E-state index contributed by atoms with van der Waals surface area (Å²) in [6, 6.07) is 22.6. The van der Waals surface area contributed by atoms with Gasteiger partial charge in [0.25, 0.3) is 5.89 Å². The van der Waals surface area contributed by atoms with Gasteiger partial charge < -0.3 is 9.84 Å². The molecule has 1 unspecified atom stereocenters. The van der Waals surface area contributed by atoms with Gasteiger partial charge in [-0.2, -0.15) is 4.98 Å². The normalized spacial score (nSPS) is 15.9. The number of hydrogen-bond acceptors (Lipinski definition) is 4. The van der Waals surface area contributed by atoms with Gasteiger partial charge in [-0.05, 0) is 49.6 Å². The minimum Gasteiger partial charge on any atom is -0.334 e. The Morgan fingerprint density at radius 1 is 1.03 bits per heavy atom. The van der Waals surface area contributed by atoms with Gasteiger partial charge in [-0.3, -0.25) is 4.90 Å². The predicted octanol–water partition coefficient (Wildman–Crippen LogP) is 6.96. The molecule has 0 aliphatic carbocycles. The number of urea groups is 1. The molecule has 5 rings (SSSR count). The molecule has 4 aromatic rings. The number of anilines is 1. The van der Waals surface area contributed by atoms with Crippen molar-refractivity contribution in [2.75, 3.05) is 4.90 Å². The van der Waals surface area contributed by atoms with Crippen molar-refractivity contribution in [1.29, 1.82) is 0 Å². The van der Waals surface area contributed by atoms with Gasteiger partial charge in [0, 0.05) is 16.3 Å². The molecule has 0 fully saturated rings. The standard InChI is InChI=1S/C28H25ClN4O2/c1-4-19-10-14-21(15-11-19)26-31-27(35-32-26)24-18(3)33(23-7-5-6-22(29)16-23)28(34)30-25(24)20-12-8-17(2)9-13-20/h5-16,25H,4H2,1-3H3,(H,30,34). The molecule has 1 aromatic heterocycles. The molecule has 7 heteroatoms. The van der Waals surface area contributed by atoms with Gasteiger partial charge in [-0.1, -0.05) is 83.8 Å². The number of benzene rings is 3. The zero-order chi connectivity index (χ0) is 24.5. The molecule has 0 radical (unpaired) electrons. The monoisotopic (exact) mass is 484 g/mol. The van der Waals surface area contributed by atoms with E-state index in [2.05, 4.69) is 29.5 Å². The molecule has 0 bridgehead atoms. The number of carbonyl (C=O) groups excluding carboxylic acids is 1. The Kier molecular flexibility index (Phi) is 6.14. The van der Waals surface area contributed by atoms with Crippen LogP contribution in [0.3, 0.4) is 0 Å². The summed E-state index contributed by atoms with van der Waals surface area (Å²) in [5, 5.41) is 7.92. The third-order valence-electron chi connectivity index (χ3n) is 6.24. The van der Waals surface area contributed by atoms with Crippen LogP contribution in [-0.4, -0.2) is 16.2 Å². The van der Waals surface area contributed by atoms with Gasteiger partial charge in [0.05, 0.1) is 17.3 Å². The molecular weight excluding hydrogens is 460 g/mol. The van der Waals surface area contributed by atoms with Crippen molar-refractivity contribution < 1.29 is 9.32 Å². The highest BCUT2D eigenvalue weighted by Crippen LogP contribution is 2.39. The molecule has 1 aliphatic heterocycles. The van der Waals surface area contributed by atoms with Gasteiger partial charge in [0.1, 0.15) is 0 Å². The predicted molar refractivity (Wildman–Crippen MR) is 138 cm³/mol. The van der Waals surface area contributed by atoms with Gasteiger partial charge in [-0.15, -0.1) is 0 Å². The number of nitrogens with zero attached hydrogens (tertiary/aromatic N) is 3. The van der Waals surface area contributed by atoms with Crippen LogP contribution in [0.15, 0.2) is 83.0 Å². The second-order valence-electron chi connectivity index (χ2n) is 8.58. The van der Waals surface area contributed by atoms with Crippen molar-refractivity contribution in [2.45, 2.75) is 33.2 Å². The molecule has 1 N–H and O–H groups in total. The number of aryl methyl sites for hydroxylation is 2. The second kappa shape index (κ2) is 9.39. The first-order valence-corrected chi connectivity index (χ1v) is 11.9. The minimum absolute atomic E-state index is 0.256. The van der Waals surface area contributed by atoms with Crippen LogP contribution in [0.2, 0.25) is 5.02 Å². The molecule has 2 heterocycles. The first-order chi connectivity index (χ1) is 16.9. The highest BCUT2D eigenvalue weighted by Gasteiger charge is 2.36. The topological polar surface area (TPSA) is 71.3 Å². The number of allylic oxidation sites excluding steroid dienone is 1. The average molecular weight is 485 g/mol. The summed E-state index contributed by atoms with van der Waals surface area (Å²) in [6.07, 6.45) is 0.959. The lowest BCUT2D eigenvalue weighted by molar-refractivity contribution is 0.244. The van der Waals surface area contributed by atoms with Crippen LogP contribution >= 0.6 is 11.6 Å². The minimum atomic E-state index is -0.450. The van der Waals surface area contributed by atoms with Crippen molar-refractivity contribution in [3.8, 4) is 11.4 Å². The summed E-state index contributed by atoms with van der Waals surface area (Å²) in [5.74, 6) is 0.853. The Morgan fingerprint density at radius 3 is 2.46 bits per heavy atom. The fourth-order valence-corrected chi connectivity index (χ4v) is 4.48. The number of aromatic nitrogens is 2. The van der Waals surface area contributed by atoms with E-state index in [0.717, 1.165) is 28.7 Å². The van der Waals surface area contributed by atoms with Crippen LogP contribution < -0.4 is 10.2 Å².